The average molecular weight is 344 g/mol. The van der Waals surface area contributed by atoms with Crippen LogP contribution in [0.2, 0.25) is 0 Å². The fourth-order valence-electron chi connectivity index (χ4n) is 1.58. The normalized spacial score (nSPS) is 10.6. The van der Waals surface area contributed by atoms with Gasteiger partial charge in [-0.15, -0.1) is 0 Å². The van der Waals surface area contributed by atoms with Gasteiger partial charge in [0.25, 0.3) is 0 Å². The number of halogens is 1. The van der Waals surface area contributed by atoms with E-state index in [2.05, 4.69) is 15.9 Å². The summed E-state index contributed by atoms with van der Waals surface area (Å²) in [5.41, 5.74) is 0.860. The Bertz CT molecular complexity index is 476. The van der Waals surface area contributed by atoms with Crippen molar-refractivity contribution in [2.45, 2.75) is 26.5 Å². The Hall–Kier alpha value is -1.40. The van der Waals surface area contributed by atoms with E-state index in [-0.39, 0.29) is 31.7 Å². The van der Waals surface area contributed by atoms with Crippen LogP contribution in [0.5, 0.6) is 0 Å². The Kier molecular flexibility index (Phi) is 6.67. The van der Waals surface area contributed by atoms with Crippen LogP contribution < -0.4 is 0 Å². The quantitative estimate of drug-likeness (QED) is 0.824. The van der Waals surface area contributed by atoms with Crippen LogP contribution in [0.4, 0.5) is 0 Å². The van der Waals surface area contributed by atoms with Gasteiger partial charge < -0.3 is 14.7 Å². The minimum Gasteiger partial charge on any atom is -0.480 e. The third kappa shape index (κ3) is 6.16. The lowest BCUT2D eigenvalue weighted by atomic mass is 10.2. The number of aliphatic carboxylic acids is 1. The Morgan fingerprint density at radius 1 is 1.40 bits per heavy atom. The highest BCUT2D eigenvalue weighted by molar-refractivity contribution is 9.10. The lowest BCUT2D eigenvalue weighted by Gasteiger charge is -2.21. The number of hydrogen-bond acceptors (Lipinski definition) is 3. The number of carboxylic acids is 1. The van der Waals surface area contributed by atoms with E-state index in [0.29, 0.717) is 0 Å². The minimum atomic E-state index is -1.04. The van der Waals surface area contributed by atoms with Crippen molar-refractivity contribution in [1.82, 2.24) is 4.90 Å². The molecule has 0 spiro atoms. The fraction of sp³-hybridized carbons (Fsp3) is 0.429. The van der Waals surface area contributed by atoms with Crippen LogP contribution in [-0.2, 0) is 20.9 Å². The molecule has 1 aromatic rings. The van der Waals surface area contributed by atoms with Crippen LogP contribution in [0.1, 0.15) is 19.4 Å². The summed E-state index contributed by atoms with van der Waals surface area (Å²) in [4.78, 5) is 24.1. The molecule has 0 aromatic heterocycles. The Morgan fingerprint density at radius 2 is 2.10 bits per heavy atom. The molecule has 0 atom stereocenters. The molecule has 0 aliphatic heterocycles. The van der Waals surface area contributed by atoms with Gasteiger partial charge in [0.1, 0.15) is 13.2 Å². The maximum absolute atomic E-state index is 12.0. The van der Waals surface area contributed by atoms with Crippen LogP contribution in [-0.4, -0.2) is 41.1 Å². The molecule has 1 rings (SSSR count). The van der Waals surface area contributed by atoms with Crippen molar-refractivity contribution in [3.05, 3.63) is 34.3 Å². The van der Waals surface area contributed by atoms with Gasteiger partial charge in [0, 0.05) is 11.0 Å². The van der Waals surface area contributed by atoms with Gasteiger partial charge in [-0.25, -0.2) is 0 Å². The third-order valence-corrected chi connectivity index (χ3v) is 2.97. The fourth-order valence-corrected chi connectivity index (χ4v) is 2.03. The summed E-state index contributed by atoms with van der Waals surface area (Å²) in [7, 11) is 0. The first-order chi connectivity index (χ1) is 9.38. The number of benzene rings is 1. The molecule has 0 saturated heterocycles. The molecule has 110 valence electrons. The molecule has 1 aromatic carbocycles. The highest BCUT2D eigenvalue weighted by Gasteiger charge is 2.17. The summed E-state index contributed by atoms with van der Waals surface area (Å²) in [6.07, 6.45) is -0.0727. The van der Waals surface area contributed by atoms with Crippen LogP contribution >= 0.6 is 15.9 Å². The zero-order valence-electron chi connectivity index (χ0n) is 11.5. The maximum Gasteiger partial charge on any atom is 0.323 e. The number of carbonyl (C=O) groups is 2. The standard InChI is InChI=1S/C14H18BrNO4/c1-10(2)20-9-13(17)16(8-14(18)19)7-11-4-3-5-12(15)6-11/h3-6,10H,7-9H2,1-2H3,(H,18,19). The predicted octanol–water partition coefficient (Wildman–Crippen LogP) is 2.29. The van der Waals surface area contributed by atoms with E-state index in [9.17, 15) is 9.59 Å². The molecule has 1 amide bonds. The van der Waals surface area contributed by atoms with E-state index in [1.54, 1.807) is 0 Å². The van der Waals surface area contributed by atoms with Gasteiger partial charge in [-0.05, 0) is 31.5 Å². The summed E-state index contributed by atoms with van der Waals surface area (Å²) in [5, 5.41) is 8.90. The van der Waals surface area contributed by atoms with Gasteiger partial charge in [0.2, 0.25) is 5.91 Å². The molecule has 6 heteroatoms. The second kappa shape index (κ2) is 8.01. The first-order valence-electron chi connectivity index (χ1n) is 6.24. The minimum absolute atomic E-state index is 0.0727. The summed E-state index contributed by atoms with van der Waals surface area (Å²) in [6, 6.07) is 7.41. The van der Waals surface area contributed by atoms with E-state index >= 15 is 0 Å². The molecule has 20 heavy (non-hydrogen) atoms. The lowest BCUT2D eigenvalue weighted by molar-refractivity contribution is -0.147. The number of amides is 1. The van der Waals surface area contributed by atoms with Crippen LogP contribution in [0.3, 0.4) is 0 Å². The Labute approximate surface area is 126 Å². The summed E-state index contributed by atoms with van der Waals surface area (Å²) < 4.78 is 6.12. The number of ether oxygens (including phenoxy) is 1. The zero-order valence-corrected chi connectivity index (χ0v) is 13.1. The number of carboxylic acid groups (broad SMARTS) is 1. The predicted molar refractivity (Wildman–Crippen MR) is 78.3 cm³/mol. The number of nitrogens with zero attached hydrogens (tertiary/aromatic N) is 1. The van der Waals surface area contributed by atoms with E-state index in [4.69, 9.17) is 9.84 Å². The molecule has 0 bridgehead atoms. The van der Waals surface area contributed by atoms with E-state index < -0.39 is 5.97 Å². The lowest BCUT2D eigenvalue weighted by Crippen LogP contribution is -2.38. The van der Waals surface area contributed by atoms with Gasteiger partial charge in [-0.3, -0.25) is 9.59 Å². The highest BCUT2D eigenvalue weighted by Crippen LogP contribution is 2.13. The van der Waals surface area contributed by atoms with E-state index in [1.807, 2.05) is 38.1 Å². The summed E-state index contributed by atoms with van der Waals surface area (Å²) in [5.74, 6) is -1.38. The molecule has 0 radical (unpaired) electrons. The summed E-state index contributed by atoms with van der Waals surface area (Å²) in [6.45, 7) is 3.43. The van der Waals surface area contributed by atoms with E-state index in [1.165, 1.54) is 4.90 Å². The van der Waals surface area contributed by atoms with Crippen LogP contribution in [0.15, 0.2) is 28.7 Å². The first kappa shape index (κ1) is 16.7. The highest BCUT2D eigenvalue weighted by atomic mass is 79.9. The number of hydrogen-bond donors (Lipinski definition) is 1. The van der Waals surface area contributed by atoms with Gasteiger partial charge in [-0.2, -0.15) is 0 Å². The topological polar surface area (TPSA) is 66.8 Å². The van der Waals surface area contributed by atoms with Gasteiger partial charge in [-0.1, -0.05) is 28.1 Å². The largest absolute Gasteiger partial charge is 0.480 e. The van der Waals surface area contributed by atoms with Crippen molar-refractivity contribution in [1.29, 1.82) is 0 Å². The molecule has 1 N–H and O–H groups in total. The van der Waals surface area contributed by atoms with Gasteiger partial charge in [0.15, 0.2) is 0 Å². The van der Waals surface area contributed by atoms with Gasteiger partial charge in [0.05, 0.1) is 6.10 Å². The zero-order chi connectivity index (χ0) is 15.1. The number of carbonyl (C=O) groups excluding carboxylic acids is 1. The number of rotatable bonds is 7. The molecular formula is C14H18BrNO4. The SMILES string of the molecule is CC(C)OCC(=O)N(CC(=O)O)Cc1cccc(Br)c1. The van der Waals surface area contributed by atoms with Crippen molar-refractivity contribution in [3.63, 3.8) is 0 Å². The van der Waals surface area contributed by atoms with Crippen molar-refractivity contribution in [2.75, 3.05) is 13.2 Å². The molecule has 0 saturated carbocycles. The molecule has 5 nitrogen and oxygen atoms in total. The van der Waals surface area contributed by atoms with Crippen molar-refractivity contribution in [2.24, 2.45) is 0 Å². The average Bonchev–Trinajstić information content (AvgIpc) is 2.34. The molecule has 0 unspecified atom stereocenters. The molecule has 0 aliphatic carbocycles. The van der Waals surface area contributed by atoms with Crippen molar-refractivity contribution in [3.8, 4) is 0 Å². The van der Waals surface area contributed by atoms with Crippen molar-refractivity contribution < 1.29 is 19.4 Å². The van der Waals surface area contributed by atoms with Gasteiger partial charge >= 0.3 is 5.97 Å². The molecular weight excluding hydrogens is 326 g/mol. The smallest absolute Gasteiger partial charge is 0.323 e. The van der Waals surface area contributed by atoms with Crippen LogP contribution in [0.25, 0.3) is 0 Å². The maximum atomic E-state index is 12.0. The second-order valence-corrected chi connectivity index (χ2v) is 5.55. The first-order valence-corrected chi connectivity index (χ1v) is 7.03. The molecule has 0 fully saturated rings. The monoisotopic (exact) mass is 343 g/mol. The Morgan fingerprint density at radius 3 is 2.65 bits per heavy atom. The molecule has 0 heterocycles. The second-order valence-electron chi connectivity index (χ2n) is 4.63. The third-order valence-electron chi connectivity index (χ3n) is 2.48. The Balaban J connectivity index is 2.73. The van der Waals surface area contributed by atoms with E-state index in [0.717, 1.165) is 10.0 Å². The summed E-state index contributed by atoms with van der Waals surface area (Å²) >= 11 is 3.35. The molecule has 0 aliphatic rings. The van der Waals surface area contributed by atoms with Crippen molar-refractivity contribution >= 4 is 27.8 Å². The van der Waals surface area contributed by atoms with Crippen LogP contribution in [0, 0.1) is 0 Å².